The predicted molar refractivity (Wildman–Crippen MR) is 455 cm³/mol. The van der Waals surface area contributed by atoms with Crippen molar-refractivity contribution in [2.45, 2.75) is 444 Å². The molecule has 0 bridgehead atoms. The summed E-state index contributed by atoms with van der Waals surface area (Å²) in [5.41, 5.74) is 0. The van der Waals surface area contributed by atoms with Crippen molar-refractivity contribution < 1.29 is 42.1 Å². The minimum absolute atomic E-state index is 0.0319. The van der Waals surface area contributed by atoms with E-state index in [1.165, 1.54) is 321 Å². The van der Waals surface area contributed by atoms with E-state index in [9.17, 15) is 19.0 Å². The van der Waals surface area contributed by atoms with Crippen LogP contribution in [0.3, 0.4) is 0 Å². The SMILES string of the molecule is CC/C=C\C/C=C\C/C=C\C/C=C\C/C=C\C/C=C\C/C=C\C/C=C\CCCCCCCCCCCCCCCCCCC(=O)OC(COC(=O)CCCCCCCCCCCCCCCCCCCCCCCCCCCCCCCCCCCCCCCCC)COP(=O)(O)OCC[N+](C)(C)C. The number of rotatable bonds is 84. The molecule has 2 unspecified atom stereocenters. The van der Waals surface area contributed by atoms with Crippen LogP contribution in [0.2, 0.25) is 0 Å². The Kier molecular flexibility index (Phi) is 81.5. The number of phosphoric acid groups is 1. The van der Waals surface area contributed by atoms with Crippen molar-refractivity contribution in [1.29, 1.82) is 0 Å². The summed E-state index contributed by atoms with van der Waals surface area (Å²) in [6, 6.07) is 0. The van der Waals surface area contributed by atoms with Gasteiger partial charge in [-0.05, 0) is 77.0 Å². The number of likely N-dealkylation sites (N-methyl/N-ethyl adjacent to an activating group) is 1. The van der Waals surface area contributed by atoms with Crippen LogP contribution in [-0.2, 0) is 32.7 Å². The summed E-state index contributed by atoms with van der Waals surface area (Å²) in [7, 11) is 1.49. The number of carbonyl (C=O) groups is 2. The lowest BCUT2D eigenvalue weighted by Gasteiger charge is -2.24. The van der Waals surface area contributed by atoms with Gasteiger partial charge in [-0.3, -0.25) is 18.6 Å². The average molecular weight is 1480 g/mol. The fourth-order valence-corrected chi connectivity index (χ4v) is 14.1. The maximum absolute atomic E-state index is 12.9. The van der Waals surface area contributed by atoms with Crippen molar-refractivity contribution in [3.05, 3.63) is 97.2 Å². The van der Waals surface area contributed by atoms with E-state index in [0.29, 0.717) is 23.9 Å². The summed E-state index contributed by atoms with van der Waals surface area (Å²) in [5, 5.41) is 0. The molecule has 0 radical (unpaired) electrons. The summed E-state index contributed by atoms with van der Waals surface area (Å²) < 4.78 is 34.9. The molecule has 2 atom stereocenters. The fourth-order valence-electron chi connectivity index (χ4n) is 13.3. The Morgan fingerprint density at radius 3 is 0.817 bits per heavy atom. The van der Waals surface area contributed by atoms with Crippen LogP contribution >= 0.6 is 7.82 Å². The van der Waals surface area contributed by atoms with E-state index in [4.69, 9.17) is 18.5 Å². The number of carbonyl (C=O) groups excluding carboxylic acids is 2. The molecular weight excluding hydrogens is 1300 g/mol. The summed E-state index contributed by atoms with van der Waals surface area (Å²) in [5.74, 6) is -0.777. The second-order valence-electron chi connectivity index (χ2n) is 31.6. The number of allylic oxidation sites excluding steroid dienone is 16. The Labute approximate surface area is 646 Å². The van der Waals surface area contributed by atoms with Gasteiger partial charge in [-0.1, -0.05) is 445 Å². The molecule has 1 N–H and O–H groups in total. The standard InChI is InChI=1S/C94H172NO8P/c1-6-8-10-12-14-16-18-20-22-24-26-28-30-32-34-36-38-40-42-44-46-47-49-51-53-55-57-59-61-63-65-67-69-71-73-75-77-79-81-83-85-87-94(97)103-92(91-102-104(98,99)101-89-88-95(3,4)5)90-100-93(96)86-84-82-80-78-76-74-72-70-68-66-64-62-60-58-56-54-52-50-48-45-43-41-39-37-35-33-31-29-27-25-23-21-19-17-15-13-11-9-7-2/h8,10,14,16,20,22,26,28,32,34,38,40,44,46,49,51,92H,6-7,9,11-13,15,17-19,21,23-25,27,29-31,33,35-37,39,41-43,45,47-48,50,52-91H2,1-5H3/p+1/b10-8-,16-14-,22-20-,28-26-,34-32-,40-38-,46-44-,51-49-. The number of quaternary nitrogens is 1. The number of phosphoric ester groups is 1. The van der Waals surface area contributed by atoms with E-state index < -0.39 is 26.5 Å². The molecule has 0 aromatic carbocycles. The highest BCUT2D eigenvalue weighted by Gasteiger charge is 2.27. The van der Waals surface area contributed by atoms with Crippen molar-refractivity contribution in [2.24, 2.45) is 0 Å². The molecule has 0 spiro atoms. The van der Waals surface area contributed by atoms with Crippen LogP contribution in [-0.4, -0.2) is 74.9 Å². The Bertz CT molecular complexity index is 2080. The Morgan fingerprint density at radius 1 is 0.308 bits per heavy atom. The van der Waals surface area contributed by atoms with E-state index in [1.54, 1.807) is 0 Å². The van der Waals surface area contributed by atoms with Gasteiger partial charge in [-0.2, -0.15) is 0 Å². The minimum Gasteiger partial charge on any atom is -0.462 e. The largest absolute Gasteiger partial charge is 0.472 e. The first kappa shape index (κ1) is 101. The van der Waals surface area contributed by atoms with Gasteiger partial charge < -0.3 is 18.9 Å². The maximum Gasteiger partial charge on any atom is 0.472 e. The van der Waals surface area contributed by atoms with E-state index >= 15 is 0 Å². The number of ether oxygens (including phenoxy) is 2. The smallest absolute Gasteiger partial charge is 0.462 e. The molecule has 104 heavy (non-hydrogen) atoms. The predicted octanol–water partition coefficient (Wildman–Crippen LogP) is 30.5. The molecule has 0 rings (SSSR count). The number of esters is 2. The van der Waals surface area contributed by atoms with Gasteiger partial charge in [0.15, 0.2) is 6.10 Å². The van der Waals surface area contributed by atoms with Gasteiger partial charge >= 0.3 is 19.8 Å². The van der Waals surface area contributed by atoms with Crippen LogP contribution in [0.5, 0.6) is 0 Å². The highest BCUT2D eigenvalue weighted by Crippen LogP contribution is 2.43. The van der Waals surface area contributed by atoms with Crippen LogP contribution in [0.25, 0.3) is 0 Å². The average Bonchev–Trinajstić information content (AvgIpc) is 0.920. The Hall–Kier alpha value is -3.07. The topological polar surface area (TPSA) is 108 Å². The van der Waals surface area contributed by atoms with Crippen molar-refractivity contribution >= 4 is 19.8 Å². The van der Waals surface area contributed by atoms with Gasteiger partial charge in [0, 0.05) is 12.8 Å². The number of unbranched alkanes of at least 4 members (excludes halogenated alkanes) is 54. The maximum atomic E-state index is 12.9. The molecule has 10 heteroatoms. The third-order valence-electron chi connectivity index (χ3n) is 20.1. The van der Waals surface area contributed by atoms with Gasteiger partial charge in [0.25, 0.3) is 0 Å². The van der Waals surface area contributed by atoms with Gasteiger partial charge in [0.05, 0.1) is 27.7 Å². The molecule has 0 saturated heterocycles. The third-order valence-corrected chi connectivity index (χ3v) is 21.1. The second kappa shape index (κ2) is 84.0. The molecule has 0 aromatic rings. The van der Waals surface area contributed by atoms with Crippen LogP contribution in [0.4, 0.5) is 0 Å². The quantitative estimate of drug-likeness (QED) is 0.0211. The van der Waals surface area contributed by atoms with Gasteiger partial charge in [-0.15, -0.1) is 0 Å². The van der Waals surface area contributed by atoms with E-state index in [-0.39, 0.29) is 25.6 Å². The van der Waals surface area contributed by atoms with Crippen LogP contribution in [0.15, 0.2) is 97.2 Å². The lowest BCUT2D eigenvalue weighted by molar-refractivity contribution is -0.870. The molecule has 0 aliphatic rings. The third kappa shape index (κ3) is 87.8. The zero-order valence-electron chi connectivity index (χ0n) is 69.5. The molecule has 0 aromatic heterocycles. The minimum atomic E-state index is -4.40. The van der Waals surface area contributed by atoms with Crippen molar-refractivity contribution in [2.75, 3.05) is 47.5 Å². The van der Waals surface area contributed by atoms with Crippen molar-refractivity contribution in [1.82, 2.24) is 0 Å². The lowest BCUT2D eigenvalue weighted by Crippen LogP contribution is -2.37. The molecule has 0 heterocycles. The fraction of sp³-hybridized carbons (Fsp3) is 0.809. The zero-order chi connectivity index (χ0) is 75.4. The monoisotopic (exact) mass is 1480 g/mol. The number of nitrogens with zero attached hydrogens (tertiary/aromatic N) is 1. The first-order valence-electron chi connectivity index (χ1n) is 45.0. The van der Waals surface area contributed by atoms with Gasteiger partial charge in [0.2, 0.25) is 0 Å². The molecule has 0 amide bonds. The molecular formula is C94H173NO8P+. The highest BCUT2D eigenvalue weighted by atomic mass is 31.2. The normalized spacial score (nSPS) is 13.4. The Morgan fingerprint density at radius 2 is 0.548 bits per heavy atom. The van der Waals surface area contributed by atoms with Gasteiger partial charge in [-0.25, -0.2) is 4.57 Å². The Balaban J connectivity index is 3.89. The number of hydrogen-bond acceptors (Lipinski definition) is 7. The summed E-state index contributed by atoms with van der Waals surface area (Å²) in [6.07, 6.45) is 119. The molecule has 0 saturated carbocycles. The highest BCUT2D eigenvalue weighted by molar-refractivity contribution is 7.47. The zero-order valence-corrected chi connectivity index (χ0v) is 70.4. The van der Waals surface area contributed by atoms with Gasteiger partial charge in [0.1, 0.15) is 19.8 Å². The lowest BCUT2D eigenvalue weighted by atomic mass is 10.0. The molecule has 0 aliphatic heterocycles. The number of hydrogen-bond donors (Lipinski definition) is 1. The summed E-state index contributed by atoms with van der Waals surface area (Å²) in [4.78, 5) is 36.1. The van der Waals surface area contributed by atoms with Crippen LogP contribution < -0.4 is 0 Å². The van der Waals surface area contributed by atoms with Crippen molar-refractivity contribution in [3.63, 3.8) is 0 Å². The van der Waals surface area contributed by atoms with Crippen LogP contribution in [0.1, 0.15) is 438 Å². The van der Waals surface area contributed by atoms with E-state index in [1.807, 2.05) is 21.1 Å². The molecule has 0 fully saturated rings. The van der Waals surface area contributed by atoms with E-state index in [2.05, 4.69) is 111 Å². The summed E-state index contributed by atoms with van der Waals surface area (Å²) >= 11 is 0. The van der Waals surface area contributed by atoms with Crippen molar-refractivity contribution in [3.8, 4) is 0 Å². The second-order valence-corrected chi connectivity index (χ2v) is 33.1. The van der Waals surface area contributed by atoms with Crippen LogP contribution in [0, 0.1) is 0 Å². The molecule has 9 nitrogen and oxygen atoms in total. The molecule has 606 valence electrons. The first-order chi connectivity index (χ1) is 51.0. The first-order valence-corrected chi connectivity index (χ1v) is 46.5. The molecule has 0 aliphatic carbocycles. The van der Waals surface area contributed by atoms with E-state index in [0.717, 1.165) is 83.5 Å². The summed E-state index contributed by atoms with van der Waals surface area (Å²) in [6.45, 7) is 4.39.